The van der Waals surface area contributed by atoms with Gasteiger partial charge < -0.3 is 9.97 Å². The molecule has 0 unspecified atom stereocenters. The van der Waals surface area contributed by atoms with Crippen molar-refractivity contribution in [1.29, 1.82) is 0 Å². The maximum Gasteiger partial charge on any atom is 0.243 e. The van der Waals surface area contributed by atoms with E-state index in [0.717, 1.165) is 83.0 Å². The molecule has 0 atom stereocenters. The van der Waals surface area contributed by atoms with Crippen molar-refractivity contribution in [2.45, 2.75) is 150 Å². The monoisotopic (exact) mass is 1590 g/mol. The molecule has 3 aromatic heterocycles. The topological polar surface area (TPSA) is 408 Å². The van der Waals surface area contributed by atoms with E-state index in [2.05, 4.69) is 9.97 Å². The van der Waals surface area contributed by atoms with E-state index in [1.54, 1.807) is 111 Å². The molecule has 0 aliphatic carbocycles. The van der Waals surface area contributed by atoms with Gasteiger partial charge in [0.1, 0.15) is 22.6 Å². The number of hydrogen-bond donors (Lipinski definition) is 2. The lowest BCUT2D eigenvalue weighted by Crippen LogP contribution is -2.32. The highest BCUT2D eigenvalue weighted by Gasteiger charge is 2.41. The fraction of sp³-hybridized carbons (Fsp3) is 0.500. The summed E-state index contributed by atoms with van der Waals surface area (Å²) in [6, 6.07) is 8.21. The normalized spacial score (nSPS) is 13.8. The fourth-order valence-corrected chi connectivity index (χ4v) is 26.3. The number of aromatic amines is 2. The molecule has 0 spiro atoms. The van der Waals surface area contributed by atoms with Crippen molar-refractivity contribution in [2.75, 3.05) is 105 Å². The Morgan fingerprint density at radius 2 is 0.442 bits per heavy atom. The number of H-pyrrole nitrogens is 2. The van der Waals surface area contributed by atoms with Crippen LogP contribution in [0.5, 0.6) is 0 Å². The Morgan fingerprint density at radius 3 is 0.683 bits per heavy atom. The maximum absolute atomic E-state index is 15.6. The van der Waals surface area contributed by atoms with Gasteiger partial charge in [-0.3, -0.25) is 0 Å². The molecule has 7 aromatic rings. The van der Waals surface area contributed by atoms with E-state index in [4.69, 9.17) is 29.9 Å². The van der Waals surface area contributed by atoms with E-state index in [0.29, 0.717) is 0 Å². The van der Waals surface area contributed by atoms with Crippen LogP contribution in [-0.4, -0.2) is 246 Å². The van der Waals surface area contributed by atoms with Gasteiger partial charge in [-0.05, 0) is 48.5 Å². The van der Waals surface area contributed by atoms with Crippen molar-refractivity contribution in [3.05, 3.63) is 48.5 Å². The lowest BCUT2D eigenvalue weighted by atomic mass is 10.1. The molecule has 104 heavy (non-hydrogen) atoms. The van der Waals surface area contributed by atoms with E-state index in [-0.39, 0.29) is 137 Å². The number of fused-ring (bicyclic) bond motifs is 20. The van der Waals surface area contributed by atoms with Crippen molar-refractivity contribution < 1.29 is 67.3 Å². The molecule has 4 aromatic carbocycles. The Hall–Kier alpha value is -6.48. The minimum absolute atomic E-state index is 0.0934. The second-order valence-electron chi connectivity index (χ2n) is 23.7. The van der Waals surface area contributed by atoms with Crippen LogP contribution in [-0.2, 0) is 80.2 Å². The zero-order valence-electron chi connectivity index (χ0n) is 61.0. The first-order valence-electron chi connectivity index (χ1n) is 34.4. The molecule has 0 radical (unpaired) electrons. The number of nitrogens with one attached hydrogen (secondary N) is 2. The van der Waals surface area contributed by atoms with Crippen LogP contribution in [0.25, 0.3) is 89.7 Å². The third-order valence-electron chi connectivity index (χ3n) is 18.6. The minimum Gasteiger partial charge on any atom is -0.324 e. The van der Waals surface area contributed by atoms with Gasteiger partial charge in [0.15, 0.2) is 23.3 Å². The van der Waals surface area contributed by atoms with Crippen LogP contribution in [0.15, 0.2) is 87.7 Å². The first kappa shape index (κ1) is 81.6. The van der Waals surface area contributed by atoms with Crippen LogP contribution in [0.4, 0.5) is 0 Å². The average Bonchev–Trinajstić information content (AvgIpc) is 1.58. The van der Waals surface area contributed by atoms with Gasteiger partial charge in [0.25, 0.3) is 0 Å². The summed E-state index contributed by atoms with van der Waals surface area (Å²) in [5, 5.41) is -1.42. The average molecular weight is 1600 g/mol. The summed E-state index contributed by atoms with van der Waals surface area (Å²) in [5.41, 5.74) is -3.50. The van der Waals surface area contributed by atoms with E-state index < -0.39 is 176 Å². The molecule has 32 nitrogen and oxygen atoms in total. The molecule has 40 heteroatoms. The number of hydrogen-bond acceptors (Lipinski definition) is 22. The third-order valence-corrected chi connectivity index (χ3v) is 35.1. The molecule has 2 N–H and O–H groups in total. The van der Waals surface area contributed by atoms with Crippen LogP contribution in [0.1, 0.15) is 111 Å². The van der Waals surface area contributed by atoms with Gasteiger partial charge in [0, 0.05) is 137 Å². The molecule has 570 valence electrons. The van der Waals surface area contributed by atoms with Gasteiger partial charge in [-0.1, -0.05) is 111 Å². The molecule has 2 aliphatic rings. The standard InChI is InChI=1S/C64H90N16O16S8/c1-17-73(18-2)97(81,82)41-33-45-53(49(37-41)101(89,90)77(25-9)26-10)61-67-57(45)65-58-46-34-42(98(83,84)74(19-3)20-4)38-50(102(91,92)78(27-11)28-12)54(46)63(68-58)72-64-56-48(36-44(100(87,88)76(23-7)24-8)40-52(56)104(95,96)80(31-15)32-16)60(70-64)66-59-47-35-43(99(85,86)75(21-5)22-6)39-51(55(47)62(69-59)71-61)103(93,94)79(29-13)30-14/h33-40H,17-32H2,1-16H3,(H2,65,66,67,68,69,70,71,72). The summed E-state index contributed by atoms with van der Waals surface area (Å²) in [6.07, 6.45) is 0. The molecule has 9 rings (SSSR count). The number of nitrogens with zero attached hydrogens (tertiary/aromatic N) is 14. The van der Waals surface area contributed by atoms with Crippen LogP contribution < -0.4 is 0 Å². The van der Waals surface area contributed by atoms with Gasteiger partial charge in [-0.2, -0.15) is 34.4 Å². The summed E-state index contributed by atoms with van der Waals surface area (Å²) in [5.74, 6) is -2.32. The molecular weight excluding hydrogens is 1510 g/mol. The van der Waals surface area contributed by atoms with E-state index in [1.165, 1.54) is 0 Å². The summed E-state index contributed by atoms with van der Waals surface area (Å²) < 4.78 is 254. The molecule has 0 saturated heterocycles. The van der Waals surface area contributed by atoms with Crippen molar-refractivity contribution in [1.82, 2.24) is 74.3 Å². The predicted octanol–water partition coefficient (Wildman–Crippen LogP) is 7.11. The number of sulfonamides is 8. The fourth-order valence-electron chi connectivity index (χ4n) is 13.1. The van der Waals surface area contributed by atoms with Gasteiger partial charge in [0.2, 0.25) is 80.2 Å². The number of rotatable bonds is 32. The summed E-state index contributed by atoms with van der Waals surface area (Å²) in [7, 11) is -38.3. The molecule has 0 amide bonds. The minimum atomic E-state index is -4.90. The highest BCUT2D eigenvalue weighted by molar-refractivity contribution is 7.91. The zero-order valence-corrected chi connectivity index (χ0v) is 67.5. The van der Waals surface area contributed by atoms with Crippen molar-refractivity contribution in [2.24, 2.45) is 0 Å². The van der Waals surface area contributed by atoms with Gasteiger partial charge in [-0.25, -0.2) is 97.2 Å². The Labute approximate surface area is 610 Å². The first-order chi connectivity index (χ1) is 48.9. The van der Waals surface area contributed by atoms with E-state index >= 15 is 67.3 Å². The summed E-state index contributed by atoms with van der Waals surface area (Å²) in [4.78, 5) is 30.9. The summed E-state index contributed by atoms with van der Waals surface area (Å²) in [6.45, 7) is 22.9. The lowest BCUT2D eigenvalue weighted by molar-refractivity contribution is 0.441. The Kier molecular flexibility index (Phi) is 24.0. The van der Waals surface area contributed by atoms with Gasteiger partial charge in [0.05, 0.1) is 50.3 Å². The van der Waals surface area contributed by atoms with Crippen LogP contribution in [0.2, 0.25) is 0 Å². The molecule has 5 heterocycles. The third kappa shape index (κ3) is 13.7. The number of benzene rings is 4. The summed E-state index contributed by atoms with van der Waals surface area (Å²) >= 11 is 0. The molecule has 2 aliphatic heterocycles. The SMILES string of the molecule is CCN(CC)S(=O)(=O)c1cc2c(c(S(=O)(=O)N(CC)CC)c1)-c1nc-2nc2[nH]c(nc3nc(nc4[nH]c(n1)c1c(S(=O)(=O)N(CC)CC)cc(S(=O)(=O)N(CC)CC)cc41)-c1cc(S(=O)(=O)N(CC)CC)cc(S(=O)(=O)N(CC)CC)c1-3)c1c(S(=O)(=O)N(CC)CC)cc(S(=O)(=O)N(CC)CC)cc21. The predicted molar refractivity (Wildman–Crippen MR) is 397 cm³/mol. The number of aromatic nitrogens is 8. The van der Waals surface area contributed by atoms with Crippen LogP contribution in [0, 0.1) is 0 Å². The lowest BCUT2D eigenvalue weighted by Gasteiger charge is -2.23. The smallest absolute Gasteiger partial charge is 0.243 e. The quantitative estimate of drug-likeness (QED) is 0.0424. The van der Waals surface area contributed by atoms with Crippen molar-refractivity contribution in [3.8, 4) is 45.6 Å². The molecule has 0 fully saturated rings. The second-order valence-corrected chi connectivity index (χ2v) is 39.1. The first-order valence-corrected chi connectivity index (χ1v) is 46.0. The second kappa shape index (κ2) is 30.6. The van der Waals surface area contributed by atoms with Crippen molar-refractivity contribution in [3.63, 3.8) is 0 Å². The molecular formula is C64H90N16O16S8. The van der Waals surface area contributed by atoms with E-state index in [9.17, 15) is 0 Å². The Bertz CT molecular complexity index is 5340. The zero-order chi connectivity index (χ0) is 77.1. The Balaban J connectivity index is 1.75. The van der Waals surface area contributed by atoms with Crippen LogP contribution >= 0.6 is 0 Å². The highest BCUT2D eigenvalue weighted by Crippen LogP contribution is 2.47. The largest absolute Gasteiger partial charge is 0.324 e. The van der Waals surface area contributed by atoms with Crippen molar-refractivity contribution >= 4 is 124 Å². The van der Waals surface area contributed by atoms with Gasteiger partial charge in [-0.15, -0.1) is 0 Å². The highest BCUT2D eigenvalue weighted by atomic mass is 32.2. The van der Waals surface area contributed by atoms with E-state index in [1.807, 2.05) is 0 Å². The molecule has 0 saturated carbocycles. The van der Waals surface area contributed by atoms with Gasteiger partial charge >= 0.3 is 0 Å². The molecule has 8 bridgehead atoms. The van der Waals surface area contributed by atoms with Crippen LogP contribution in [0.3, 0.4) is 0 Å². The maximum atomic E-state index is 15.6. The Morgan fingerprint density at radius 1 is 0.240 bits per heavy atom.